The fraction of sp³-hybridized carbons (Fsp3) is 0.259. The maximum Gasteiger partial charge on any atom is 0.227 e. The van der Waals surface area contributed by atoms with Crippen molar-refractivity contribution < 1.29 is 9.18 Å². The summed E-state index contributed by atoms with van der Waals surface area (Å²) in [5.74, 6) is -0.206. The van der Waals surface area contributed by atoms with Gasteiger partial charge in [0.1, 0.15) is 5.82 Å². The first-order chi connectivity index (χ1) is 15.5. The van der Waals surface area contributed by atoms with Crippen LogP contribution in [0.25, 0.3) is 21.8 Å². The highest BCUT2D eigenvalue weighted by Gasteiger charge is 2.28. The maximum absolute atomic E-state index is 13.7. The number of amides is 1. The molecule has 0 fully saturated rings. The van der Waals surface area contributed by atoms with E-state index >= 15 is 0 Å². The normalized spacial score (nSPS) is 15.8. The van der Waals surface area contributed by atoms with Gasteiger partial charge in [0.25, 0.3) is 0 Å². The van der Waals surface area contributed by atoms with E-state index in [0.29, 0.717) is 30.2 Å². The maximum atomic E-state index is 13.7. The number of carbonyl (C=O) groups is 1. The standard InChI is InChI=1S/C27H25FN2O2/c1-18-12-13-19-17-20(28)14-15-23(19)30(18)26(31)11-6-16-29-24-9-4-2-7-21(24)27(32)22-8-3-5-10-25(22)29/h2-5,7-10,14-15,17-18H,6,11-13,16H2,1H3/t18-/m0/s1. The number of fused-ring (bicyclic) bond motifs is 3. The number of halogens is 1. The van der Waals surface area contributed by atoms with E-state index in [0.717, 1.165) is 35.1 Å². The Hall–Kier alpha value is -3.47. The molecule has 1 aromatic heterocycles. The van der Waals surface area contributed by atoms with Crippen molar-refractivity contribution in [3.63, 3.8) is 0 Å². The molecule has 1 aliphatic heterocycles. The number of carbonyl (C=O) groups excluding carboxylic acids is 1. The summed E-state index contributed by atoms with van der Waals surface area (Å²) in [6.45, 7) is 2.68. The summed E-state index contributed by atoms with van der Waals surface area (Å²) in [5.41, 5.74) is 3.53. The zero-order valence-corrected chi connectivity index (χ0v) is 18.1. The van der Waals surface area contributed by atoms with Crippen molar-refractivity contribution in [1.29, 1.82) is 0 Å². The molecular formula is C27H25FN2O2. The molecule has 5 rings (SSSR count). The second kappa shape index (κ2) is 8.23. The van der Waals surface area contributed by atoms with Crippen LogP contribution in [0.1, 0.15) is 31.7 Å². The van der Waals surface area contributed by atoms with E-state index in [1.807, 2.05) is 60.4 Å². The van der Waals surface area contributed by atoms with E-state index in [4.69, 9.17) is 0 Å². The van der Waals surface area contributed by atoms with Gasteiger partial charge in [0, 0.05) is 35.5 Å². The summed E-state index contributed by atoms with van der Waals surface area (Å²) in [4.78, 5) is 27.9. The Kier molecular flexibility index (Phi) is 5.25. The number of benzene rings is 3. The van der Waals surface area contributed by atoms with E-state index in [-0.39, 0.29) is 23.2 Å². The van der Waals surface area contributed by atoms with Gasteiger partial charge in [-0.2, -0.15) is 0 Å². The van der Waals surface area contributed by atoms with Crippen molar-refractivity contribution in [2.45, 2.75) is 45.2 Å². The monoisotopic (exact) mass is 428 g/mol. The molecule has 4 nitrogen and oxygen atoms in total. The topological polar surface area (TPSA) is 42.3 Å². The number of rotatable bonds is 4. The molecule has 0 aliphatic carbocycles. The number of anilines is 1. The van der Waals surface area contributed by atoms with Gasteiger partial charge < -0.3 is 9.47 Å². The Balaban J connectivity index is 1.42. The Morgan fingerprint density at radius 1 is 1.00 bits per heavy atom. The summed E-state index contributed by atoms with van der Waals surface area (Å²) < 4.78 is 15.8. The van der Waals surface area contributed by atoms with Gasteiger partial charge in [-0.25, -0.2) is 4.39 Å². The van der Waals surface area contributed by atoms with E-state index in [2.05, 4.69) is 4.57 Å². The fourth-order valence-electron chi connectivity index (χ4n) is 4.93. The van der Waals surface area contributed by atoms with Crippen LogP contribution in [0.4, 0.5) is 10.1 Å². The van der Waals surface area contributed by atoms with Crippen molar-refractivity contribution in [2.24, 2.45) is 0 Å². The largest absolute Gasteiger partial charge is 0.340 e. The van der Waals surface area contributed by atoms with Gasteiger partial charge in [-0.1, -0.05) is 24.3 Å². The minimum Gasteiger partial charge on any atom is -0.340 e. The molecule has 4 aromatic rings. The van der Waals surface area contributed by atoms with Crippen LogP contribution in [0.2, 0.25) is 0 Å². The smallest absolute Gasteiger partial charge is 0.227 e. The highest BCUT2D eigenvalue weighted by molar-refractivity contribution is 5.95. The molecule has 2 heterocycles. The van der Waals surface area contributed by atoms with Crippen molar-refractivity contribution in [3.8, 4) is 0 Å². The van der Waals surface area contributed by atoms with Crippen LogP contribution in [0.3, 0.4) is 0 Å². The molecule has 0 unspecified atom stereocenters. The molecular weight excluding hydrogens is 403 g/mol. The average molecular weight is 429 g/mol. The van der Waals surface area contributed by atoms with Crippen molar-refractivity contribution in [3.05, 3.63) is 88.3 Å². The number of para-hydroxylation sites is 2. The zero-order chi connectivity index (χ0) is 22.2. The molecule has 0 saturated heterocycles. The van der Waals surface area contributed by atoms with E-state index in [1.54, 1.807) is 12.1 Å². The van der Waals surface area contributed by atoms with Crippen LogP contribution in [-0.4, -0.2) is 16.5 Å². The van der Waals surface area contributed by atoms with Gasteiger partial charge in [0.2, 0.25) is 5.91 Å². The number of nitrogens with zero attached hydrogens (tertiary/aromatic N) is 2. The Labute approximate surface area is 185 Å². The summed E-state index contributed by atoms with van der Waals surface area (Å²) in [6.07, 6.45) is 2.65. The van der Waals surface area contributed by atoms with E-state index in [1.165, 1.54) is 6.07 Å². The summed E-state index contributed by atoms with van der Waals surface area (Å²) in [5, 5.41) is 1.39. The minimum absolute atomic E-state index is 0.0366. The van der Waals surface area contributed by atoms with E-state index in [9.17, 15) is 14.0 Å². The van der Waals surface area contributed by atoms with Gasteiger partial charge in [-0.15, -0.1) is 0 Å². The van der Waals surface area contributed by atoms with Crippen molar-refractivity contribution in [1.82, 2.24) is 4.57 Å². The van der Waals surface area contributed by atoms with E-state index < -0.39 is 0 Å². The molecule has 1 atom stereocenters. The molecule has 32 heavy (non-hydrogen) atoms. The third-order valence-electron chi connectivity index (χ3n) is 6.49. The fourth-order valence-corrected chi connectivity index (χ4v) is 4.93. The Morgan fingerprint density at radius 3 is 2.34 bits per heavy atom. The molecule has 0 spiro atoms. The average Bonchev–Trinajstić information content (AvgIpc) is 2.81. The van der Waals surface area contributed by atoms with Crippen molar-refractivity contribution in [2.75, 3.05) is 4.90 Å². The quantitative estimate of drug-likeness (QED) is 0.406. The van der Waals surface area contributed by atoms with Gasteiger partial charge >= 0.3 is 0 Å². The lowest BCUT2D eigenvalue weighted by molar-refractivity contribution is -0.119. The van der Waals surface area contributed by atoms with Gasteiger partial charge in [0.15, 0.2) is 5.43 Å². The molecule has 0 radical (unpaired) electrons. The SMILES string of the molecule is C[C@H]1CCc2cc(F)ccc2N1C(=O)CCCn1c2ccccc2c(=O)c2ccccc21. The molecule has 3 aromatic carbocycles. The Morgan fingerprint density at radius 2 is 1.66 bits per heavy atom. The minimum atomic E-state index is -0.261. The number of aryl methyl sites for hydroxylation is 2. The second-order valence-electron chi connectivity index (χ2n) is 8.54. The van der Waals surface area contributed by atoms with Crippen LogP contribution in [0, 0.1) is 5.82 Å². The van der Waals surface area contributed by atoms with Gasteiger partial charge in [-0.05, 0) is 74.2 Å². The molecule has 162 valence electrons. The van der Waals surface area contributed by atoms with Crippen LogP contribution >= 0.6 is 0 Å². The highest BCUT2D eigenvalue weighted by Crippen LogP contribution is 2.32. The summed E-state index contributed by atoms with van der Waals surface area (Å²) in [6, 6.07) is 20.0. The predicted molar refractivity (Wildman–Crippen MR) is 127 cm³/mol. The lowest BCUT2D eigenvalue weighted by Gasteiger charge is -2.35. The molecule has 1 amide bonds. The molecule has 0 N–H and O–H groups in total. The lowest BCUT2D eigenvalue weighted by Crippen LogP contribution is -2.42. The summed E-state index contributed by atoms with van der Waals surface area (Å²) in [7, 11) is 0. The third-order valence-corrected chi connectivity index (χ3v) is 6.49. The van der Waals surface area contributed by atoms with Crippen LogP contribution < -0.4 is 10.3 Å². The first-order valence-corrected chi connectivity index (χ1v) is 11.2. The summed E-state index contributed by atoms with van der Waals surface area (Å²) >= 11 is 0. The number of pyridine rings is 1. The van der Waals surface area contributed by atoms with Gasteiger partial charge in [0.05, 0.1) is 11.0 Å². The van der Waals surface area contributed by atoms with Crippen LogP contribution in [0.15, 0.2) is 71.5 Å². The van der Waals surface area contributed by atoms with Crippen LogP contribution in [0.5, 0.6) is 0 Å². The number of aromatic nitrogens is 1. The Bertz CT molecular complexity index is 1330. The van der Waals surface area contributed by atoms with Crippen LogP contribution in [-0.2, 0) is 17.8 Å². The molecule has 5 heteroatoms. The molecule has 1 aliphatic rings. The third kappa shape index (κ3) is 3.48. The van der Waals surface area contributed by atoms with Gasteiger partial charge in [-0.3, -0.25) is 9.59 Å². The number of hydrogen-bond acceptors (Lipinski definition) is 2. The molecule has 0 bridgehead atoms. The predicted octanol–water partition coefficient (Wildman–Crippen LogP) is 5.44. The van der Waals surface area contributed by atoms with Crippen molar-refractivity contribution >= 4 is 33.4 Å². The first kappa shape index (κ1) is 20.4. The molecule has 0 saturated carbocycles. The highest BCUT2D eigenvalue weighted by atomic mass is 19.1. The first-order valence-electron chi connectivity index (χ1n) is 11.2. The lowest BCUT2D eigenvalue weighted by atomic mass is 9.96. The second-order valence-corrected chi connectivity index (χ2v) is 8.54. The number of hydrogen-bond donors (Lipinski definition) is 0. The zero-order valence-electron chi connectivity index (χ0n) is 18.1.